The van der Waals surface area contributed by atoms with Gasteiger partial charge in [0, 0.05) is 19.6 Å². The van der Waals surface area contributed by atoms with Gasteiger partial charge >= 0.3 is 6.09 Å². The van der Waals surface area contributed by atoms with Crippen LogP contribution in [0.25, 0.3) is 0 Å². The van der Waals surface area contributed by atoms with E-state index in [1.807, 2.05) is 41.5 Å². The van der Waals surface area contributed by atoms with Crippen molar-refractivity contribution in [1.82, 2.24) is 9.80 Å². The Morgan fingerprint density at radius 2 is 1.92 bits per heavy atom. The lowest BCUT2D eigenvalue weighted by Gasteiger charge is -2.39. The standard InChI is InChI=1S/C18H35N3O3/c1-7-20(16(22)15(19)13(2)3)12-14-10-8-9-11-21(14)17(23)24-18(4,5)6/h13-15H,7-12,19H2,1-6H3. The van der Waals surface area contributed by atoms with E-state index in [0.29, 0.717) is 19.6 Å². The average molecular weight is 341 g/mol. The lowest BCUT2D eigenvalue weighted by molar-refractivity contribution is -0.134. The van der Waals surface area contributed by atoms with E-state index in [0.717, 1.165) is 19.3 Å². The molecular formula is C18H35N3O3. The summed E-state index contributed by atoms with van der Waals surface area (Å²) in [5.41, 5.74) is 5.51. The normalized spacial score (nSPS) is 20.0. The molecule has 0 saturated carbocycles. The number of piperidine rings is 1. The van der Waals surface area contributed by atoms with Crippen molar-refractivity contribution in [2.45, 2.75) is 78.5 Å². The van der Waals surface area contributed by atoms with Crippen LogP contribution in [0.15, 0.2) is 0 Å². The molecule has 1 fully saturated rings. The van der Waals surface area contributed by atoms with Crippen molar-refractivity contribution in [3.8, 4) is 0 Å². The van der Waals surface area contributed by atoms with Crippen molar-refractivity contribution in [1.29, 1.82) is 0 Å². The molecule has 0 aromatic carbocycles. The zero-order chi connectivity index (χ0) is 18.5. The molecule has 2 atom stereocenters. The molecule has 0 aromatic heterocycles. The van der Waals surface area contributed by atoms with Crippen LogP contribution in [0, 0.1) is 5.92 Å². The van der Waals surface area contributed by atoms with Gasteiger partial charge in [-0.3, -0.25) is 4.79 Å². The Kier molecular flexibility index (Phi) is 7.52. The molecule has 0 radical (unpaired) electrons. The van der Waals surface area contributed by atoms with Crippen LogP contribution >= 0.6 is 0 Å². The summed E-state index contributed by atoms with van der Waals surface area (Å²) in [6.45, 7) is 13.3. The molecule has 1 heterocycles. The highest BCUT2D eigenvalue weighted by molar-refractivity contribution is 5.82. The predicted molar refractivity (Wildman–Crippen MR) is 95.6 cm³/mol. The quantitative estimate of drug-likeness (QED) is 0.834. The fourth-order valence-corrected chi connectivity index (χ4v) is 2.88. The van der Waals surface area contributed by atoms with Crippen LogP contribution in [0.4, 0.5) is 4.79 Å². The SMILES string of the molecule is CCN(CC1CCCCN1C(=O)OC(C)(C)C)C(=O)C(N)C(C)C. The van der Waals surface area contributed by atoms with Crippen molar-refractivity contribution in [2.24, 2.45) is 11.7 Å². The van der Waals surface area contributed by atoms with Gasteiger partial charge in [-0.05, 0) is 52.9 Å². The van der Waals surface area contributed by atoms with Crippen LogP contribution in [0.1, 0.15) is 60.8 Å². The van der Waals surface area contributed by atoms with E-state index in [-0.39, 0.29) is 24.0 Å². The second-order valence-electron chi connectivity index (χ2n) is 7.97. The Labute approximate surface area is 146 Å². The van der Waals surface area contributed by atoms with Crippen LogP contribution in [0.2, 0.25) is 0 Å². The third kappa shape index (κ3) is 5.96. The number of nitrogens with zero attached hydrogens (tertiary/aromatic N) is 2. The molecule has 0 aliphatic carbocycles. The molecule has 6 nitrogen and oxygen atoms in total. The summed E-state index contributed by atoms with van der Waals surface area (Å²) < 4.78 is 5.53. The number of ether oxygens (including phenoxy) is 1. The largest absolute Gasteiger partial charge is 0.444 e. The number of rotatable bonds is 5. The van der Waals surface area contributed by atoms with Crippen molar-refractivity contribution in [3.05, 3.63) is 0 Å². The molecule has 24 heavy (non-hydrogen) atoms. The number of likely N-dealkylation sites (N-methyl/N-ethyl adjacent to an activating group) is 1. The van der Waals surface area contributed by atoms with Crippen LogP contribution in [0.3, 0.4) is 0 Å². The summed E-state index contributed by atoms with van der Waals surface area (Å²) in [5.74, 6) is 0.0575. The lowest BCUT2D eigenvalue weighted by Crippen LogP contribution is -2.54. The van der Waals surface area contributed by atoms with E-state index in [1.165, 1.54) is 0 Å². The van der Waals surface area contributed by atoms with E-state index in [1.54, 1.807) is 9.80 Å². The number of likely N-dealkylation sites (tertiary alicyclic amines) is 1. The molecule has 140 valence electrons. The summed E-state index contributed by atoms with van der Waals surface area (Å²) in [6, 6.07) is -0.500. The first-order chi connectivity index (χ1) is 11.1. The van der Waals surface area contributed by atoms with Gasteiger partial charge in [-0.15, -0.1) is 0 Å². The fraction of sp³-hybridized carbons (Fsp3) is 0.889. The number of hydrogen-bond donors (Lipinski definition) is 1. The molecule has 1 rings (SSSR count). The molecular weight excluding hydrogens is 306 g/mol. The van der Waals surface area contributed by atoms with Crippen molar-refractivity contribution in [2.75, 3.05) is 19.6 Å². The smallest absolute Gasteiger partial charge is 0.410 e. The van der Waals surface area contributed by atoms with E-state index in [9.17, 15) is 9.59 Å². The Bertz CT molecular complexity index is 432. The third-order valence-electron chi connectivity index (χ3n) is 4.38. The summed E-state index contributed by atoms with van der Waals surface area (Å²) in [7, 11) is 0. The van der Waals surface area contributed by atoms with Gasteiger partial charge in [-0.25, -0.2) is 4.79 Å². The number of amides is 2. The number of carbonyl (C=O) groups excluding carboxylic acids is 2. The highest BCUT2D eigenvalue weighted by atomic mass is 16.6. The third-order valence-corrected chi connectivity index (χ3v) is 4.38. The number of nitrogens with two attached hydrogens (primary N) is 1. The van der Waals surface area contributed by atoms with E-state index < -0.39 is 11.6 Å². The van der Waals surface area contributed by atoms with Gasteiger partial charge in [0.05, 0.1) is 12.1 Å². The van der Waals surface area contributed by atoms with E-state index >= 15 is 0 Å². The Hall–Kier alpha value is -1.30. The Balaban J connectivity index is 2.80. The molecule has 6 heteroatoms. The van der Waals surface area contributed by atoms with Crippen molar-refractivity contribution in [3.63, 3.8) is 0 Å². The molecule has 2 unspecified atom stereocenters. The molecule has 2 N–H and O–H groups in total. The average Bonchev–Trinajstić information content (AvgIpc) is 2.49. The minimum atomic E-state index is -0.515. The first-order valence-corrected chi connectivity index (χ1v) is 9.10. The fourth-order valence-electron chi connectivity index (χ4n) is 2.88. The maximum absolute atomic E-state index is 12.6. The first-order valence-electron chi connectivity index (χ1n) is 9.10. The minimum absolute atomic E-state index is 0.00291. The topological polar surface area (TPSA) is 75.9 Å². The van der Waals surface area contributed by atoms with Gasteiger partial charge in [-0.1, -0.05) is 13.8 Å². The van der Waals surface area contributed by atoms with Gasteiger partial charge in [0.25, 0.3) is 0 Å². The molecule has 0 bridgehead atoms. The summed E-state index contributed by atoms with van der Waals surface area (Å²) in [6.07, 6.45) is 2.64. The number of carbonyl (C=O) groups is 2. The summed E-state index contributed by atoms with van der Waals surface area (Å²) >= 11 is 0. The lowest BCUT2D eigenvalue weighted by atomic mass is 10.0. The van der Waals surface area contributed by atoms with Gasteiger partial charge in [0.1, 0.15) is 5.60 Å². The first kappa shape index (κ1) is 20.7. The van der Waals surface area contributed by atoms with Crippen LogP contribution in [-0.2, 0) is 9.53 Å². The monoisotopic (exact) mass is 341 g/mol. The van der Waals surface area contributed by atoms with E-state index in [4.69, 9.17) is 10.5 Å². The maximum Gasteiger partial charge on any atom is 0.410 e. The molecule has 0 aromatic rings. The van der Waals surface area contributed by atoms with Crippen LogP contribution in [0.5, 0.6) is 0 Å². The highest BCUT2D eigenvalue weighted by Crippen LogP contribution is 2.21. The van der Waals surface area contributed by atoms with Crippen molar-refractivity contribution >= 4 is 12.0 Å². The summed E-state index contributed by atoms with van der Waals surface area (Å²) in [4.78, 5) is 28.6. The Morgan fingerprint density at radius 3 is 2.42 bits per heavy atom. The molecule has 1 aliphatic heterocycles. The molecule has 1 aliphatic rings. The predicted octanol–water partition coefficient (Wildman–Crippen LogP) is 2.61. The second-order valence-corrected chi connectivity index (χ2v) is 7.97. The summed E-state index contributed by atoms with van der Waals surface area (Å²) in [5, 5.41) is 0. The van der Waals surface area contributed by atoms with Crippen LogP contribution < -0.4 is 5.73 Å². The zero-order valence-electron chi connectivity index (χ0n) is 16.2. The zero-order valence-corrected chi connectivity index (χ0v) is 16.2. The minimum Gasteiger partial charge on any atom is -0.444 e. The van der Waals surface area contributed by atoms with Gasteiger partial charge in [0.2, 0.25) is 5.91 Å². The van der Waals surface area contributed by atoms with Crippen molar-refractivity contribution < 1.29 is 14.3 Å². The maximum atomic E-state index is 12.6. The second kappa shape index (κ2) is 8.70. The highest BCUT2D eigenvalue weighted by Gasteiger charge is 2.33. The molecule has 1 saturated heterocycles. The molecule has 0 spiro atoms. The van der Waals surface area contributed by atoms with Crippen LogP contribution in [-0.4, -0.2) is 59.1 Å². The van der Waals surface area contributed by atoms with Gasteiger partial charge in [-0.2, -0.15) is 0 Å². The van der Waals surface area contributed by atoms with E-state index in [2.05, 4.69) is 0 Å². The Morgan fingerprint density at radius 1 is 1.29 bits per heavy atom. The van der Waals surface area contributed by atoms with Gasteiger partial charge < -0.3 is 20.3 Å². The molecule has 2 amide bonds. The number of hydrogen-bond acceptors (Lipinski definition) is 4. The van der Waals surface area contributed by atoms with Gasteiger partial charge in [0.15, 0.2) is 0 Å².